The van der Waals surface area contributed by atoms with Gasteiger partial charge < -0.3 is 0 Å². The van der Waals surface area contributed by atoms with Gasteiger partial charge in [-0.2, -0.15) is 0 Å². The van der Waals surface area contributed by atoms with E-state index in [9.17, 15) is 8.78 Å². The monoisotopic (exact) mass is 271 g/mol. The number of fused-ring (bicyclic) bond motifs is 1. The molecule has 0 bridgehead atoms. The highest BCUT2D eigenvalue weighted by atomic mass is 79.9. The van der Waals surface area contributed by atoms with Crippen LogP contribution in [0.5, 0.6) is 0 Å². The molecule has 0 fully saturated rings. The summed E-state index contributed by atoms with van der Waals surface area (Å²) in [6.07, 6.45) is -2.46. The van der Waals surface area contributed by atoms with Gasteiger partial charge in [-0.25, -0.2) is 8.78 Å². The first-order valence-electron chi connectivity index (χ1n) is 4.43. The van der Waals surface area contributed by atoms with Crippen molar-refractivity contribution in [2.24, 2.45) is 0 Å². The van der Waals surface area contributed by atoms with E-state index in [0.717, 1.165) is 4.47 Å². The Morgan fingerprint density at radius 1 is 1.27 bits per heavy atom. The second-order valence-electron chi connectivity index (χ2n) is 3.32. The minimum atomic E-state index is -2.46. The van der Waals surface area contributed by atoms with Crippen LogP contribution in [-0.2, 0) is 0 Å². The summed E-state index contributed by atoms with van der Waals surface area (Å²) in [7, 11) is 0. The summed E-state index contributed by atoms with van der Waals surface area (Å²) in [4.78, 5) is 4.22. The van der Waals surface area contributed by atoms with Crippen molar-refractivity contribution in [3.8, 4) is 0 Å². The molecule has 0 N–H and O–H groups in total. The molecule has 0 aliphatic carbocycles. The predicted molar refractivity (Wildman–Crippen MR) is 59.1 cm³/mol. The molecule has 0 saturated carbocycles. The zero-order chi connectivity index (χ0) is 11.0. The molecule has 0 amide bonds. The Kier molecular flexibility index (Phi) is 2.69. The summed E-state index contributed by atoms with van der Waals surface area (Å²) in [5, 5.41) is 0.513. The summed E-state index contributed by atoms with van der Waals surface area (Å²) in [5.74, 6) is 0. The number of nitrogens with zero attached hydrogens (tertiary/aromatic N) is 1. The van der Waals surface area contributed by atoms with Gasteiger partial charge in [0.25, 0.3) is 6.43 Å². The third kappa shape index (κ3) is 2.00. The van der Waals surface area contributed by atoms with Crippen molar-refractivity contribution in [1.82, 2.24) is 4.98 Å². The van der Waals surface area contributed by atoms with Crippen LogP contribution < -0.4 is 0 Å². The van der Waals surface area contributed by atoms with Crippen molar-refractivity contribution in [3.63, 3.8) is 0 Å². The fourth-order valence-electron chi connectivity index (χ4n) is 1.55. The van der Waals surface area contributed by atoms with Gasteiger partial charge in [0.2, 0.25) is 0 Å². The Labute approximate surface area is 94.3 Å². The van der Waals surface area contributed by atoms with Crippen molar-refractivity contribution < 1.29 is 8.78 Å². The van der Waals surface area contributed by atoms with Gasteiger partial charge in [0.05, 0.1) is 5.52 Å². The third-order valence-corrected chi connectivity index (χ3v) is 2.66. The first-order valence-corrected chi connectivity index (χ1v) is 5.22. The predicted octanol–water partition coefficient (Wildman–Crippen LogP) is 4.24. The number of aryl methyl sites for hydroxylation is 1. The number of rotatable bonds is 1. The van der Waals surface area contributed by atoms with Crippen LogP contribution in [0.2, 0.25) is 0 Å². The molecule has 0 aliphatic heterocycles. The van der Waals surface area contributed by atoms with Crippen LogP contribution in [0.15, 0.2) is 28.7 Å². The molecule has 2 rings (SSSR count). The quantitative estimate of drug-likeness (QED) is 0.756. The highest BCUT2D eigenvalue weighted by Gasteiger charge is 2.12. The zero-order valence-electron chi connectivity index (χ0n) is 7.97. The van der Waals surface area contributed by atoms with Gasteiger partial charge in [0, 0.05) is 21.1 Å². The molecule has 1 aromatic carbocycles. The van der Waals surface area contributed by atoms with E-state index in [1.807, 2.05) is 0 Å². The molecule has 0 spiro atoms. The van der Waals surface area contributed by atoms with Gasteiger partial charge in [0.15, 0.2) is 0 Å². The summed E-state index contributed by atoms with van der Waals surface area (Å²) in [6.45, 7) is 1.71. The van der Waals surface area contributed by atoms with Crippen LogP contribution >= 0.6 is 15.9 Å². The molecule has 0 aliphatic rings. The van der Waals surface area contributed by atoms with E-state index < -0.39 is 6.43 Å². The normalized spacial score (nSPS) is 11.3. The van der Waals surface area contributed by atoms with Crippen LogP contribution in [0, 0.1) is 6.92 Å². The lowest BCUT2D eigenvalue weighted by Gasteiger charge is -2.06. The lowest BCUT2D eigenvalue weighted by molar-refractivity contribution is 0.153. The molecule has 15 heavy (non-hydrogen) atoms. The van der Waals surface area contributed by atoms with Crippen LogP contribution in [0.3, 0.4) is 0 Å². The Bertz CT molecular complexity index is 506. The maximum Gasteiger partial charge on any atom is 0.264 e. The van der Waals surface area contributed by atoms with Crippen LogP contribution in [0.1, 0.15) is 17.7 Å². The van der Waals surface area contributed by atoms with Crippen molar-refractivity contribution >= 4 is 26.8 Å². The van der Waals surface area contributed by atoms with Crippen molar-refractivity contribution in [1.29, 1.82) is 0 Å². The van der Waals surface area contributed by atoms with E-state index in [0.29, 0.717) is 16.6 Å². The van der Waals surface area contributed by atoms with E-state index in [2.05, 4.69) is 20.9 Å². The maximum atomic E-state index is 12.7. The van der Waals surface area contributed by atoms with Gasteiger partial charge >= 0.3 is 0 Å². The van der Waals surface area contributed by atoms with Gasteiger partial charge in [0.1, 0.15) is 0 Å². The highest BCUT2D eigenvalue weighted by Crippen LogP contribution is 2.29. The standard InChI is InChI=1S/C11H8BrF2N/c1-6-4-9(11(13)14)8-3-2-7(12)5-10(8)15-6/h2-5,11H,1H3. The second kappa shape index (κ2) is 3.85. The van der Waals surface area contributed by atoms with E-state index >= 15 is 0 Å². The Morgan fingerprint density at radius 3 is 2.67 bits per heavy atom. The fourth-order valence-corrected chi connectivity index (χ4v) is 1.90. The van der Waals surface area contributed by atoms with Crippen LogP contribution in [0.4, 0.5) is 8.78 Å². The first kappa shape index (κ1) is 10.5. The summed E-state index contributed by atoms with van der Waals surface area (Å²) in [5.41, 5.74) is 1.25. The van der Waals surface area contributed by atoms with Gasteiger partial charge in [-0.05, 0) is 25.1 Å². The largest absolute Gasteiger partial charge is 0.264 e. The number of hydrogen-bond acceptors (Lipinski definition) is 1. The van der Waals surface area contributed by atoms with Crippen molar-refractivity contribution in [2.75, 3.05) is 0 Å². The molecule has 1 aromatic heterocycles. The lowest BCUT2D eigenvalue weighted by Crippen LogP contribution is -1.92. The van der Waals surface area contributed by atoms with Crippen LogP contribution in [-0.4, -0.2) is 4.98 Å². The van der Waals surface area contributed by atoms with E-state index in [-0.39, 0.29) is 5.56 Å². The Hall–Kier alpha value is -1.03. The Morgan fingerprint density at radius 2 is 2.00 bits per heavy atom. The topological polar surface area (TPSA) is 12.9 Å². The zero-order valence-corrected chi connectivity index (χ0v) is 9.55. The number of halogens is 3. The summed E-state index contributed by atoms with van der Waals surface area (Å²) < 4.78 is 26.3. The fraction of sp³-hybridized carbons (Fsp3) is 0.182. The van der Waals surface area contributed by atoms with Gasteiger partial charge in [-0.3, -0.25) is 4.98 Å². The minimum Gasteiger partial charge on any atom is -0.253 e. The molecule has 0 unspecified atom stereocenters. The molecular formula is C11H8BrF2N. The summed E-state index contributed by atoms with van der Waals surface area (Å²) >= 11 is 3.29. The molecule has 1 nitrogen and oxygen atoms in total. The SMILES string of the molecule is Cc1cc(C(F)F)c2ccc(Br)cc2n1. The number of hydrogen-bond donors (Lipinski definition) is 0. The van der Waals surface area contributed by atoms with Crippen molar-refractivity contribution in [2.45, 2.75) is 13.3 Å². The molecule has 1 heterocycles. The first-order chi connectivity index (χ1) is 7.08. The minimum absolute atomic E-state index is 0.0463. The maximum absolute atomic E-state index is 12.7. The molecule has 0 saturated heterocycles. The van der Waals surface area contributed by atoms with E-state index in [4.69, 9.17) is 0 Å². The average Bonchev–Trinajstić information content (AvgIpc) is 2.15. The van der Waals surface area contributed by atoms with Gasteiger partial charge in [-0.15, -0.1) is 0 Å². The molecule has 0 atom stereocenters. The van der Waals surface area contributed by atoms with Gasteiger partial charge in [-0.1, -0.05) is 22.0 Å². The third-order valence-electron chi connectivity index (χ3n) is 2.17. The molecule has 0 radical (unpaired) electrons. The van der Waals surface area contributed by atoms with E-state index in [1.165, 1.54) is 6.07 Å². The summed E-state index contributed by atoms with van der Waals surface area (Å²) in [6, 6.07) is 6.58. The average molecular weight is 272 g/mol. The second-order valence-corrected chi connectivity index (χ2v) is 4.23. The lowest BCUT2D eigenvalue weighted by atomic mass is 10.1. The number of aromatic nitrogens is 1. The molecular weight excluding hydrogens is 264 g/mol. The smallest absolute Gasteiger partial charge is 0.253 e. The van der Waals surface area contributed by atoms with Crippen molar-refractivity contribution in [3.05, 3.63) is 40.0 Å². The number of alkyl halides is 2. The van der Waals surface area contributed by atoms with E-state index in [1.54, 1.807) is 25.1 Å². The Balaban J connectivity index is 2.80. The number of benzene rings is 1. The molecule has 78 valence electrons. The molecule has 4 heteroatoms. The highest BCUT2D eigenvalue weighted by molar-refractivity contribution is 9.10. The van der Waals surface area contributed by atoms with Crippen LogP contribution in [0.25, 0.3) is 10.9 Å². The number of pyridine rings is 1. The molecule has 2 aromatic rings.